The summed E-state index contributed by atoms with van der Waals surface area (Å²) in [6, 6.07) is 26.3. The minimum atomic E-state index is 0.672. The van der Waals surface area contributed by atoms with E-state index in [0.717, 1.165) is 28.4 Å². The quantitative estimate of drug-likeness (QED) is 0.608. The van der Waals surface area contributed by atoms with Crippen LogP contribution in [0.15, 0.2) is 78.9 Å². The van der Waals surface area contributed by atoms with Crippen LogP contribution < -0.4 is 10.1 Å². The summed E-state index contributed by atoms with van der Waals surface area (Å²) in [5, 5.41) is 4.08. The molecule has 0 spiro atoms. The first-order valence-corrected chi connectivity index (χ1v) is 8.43. The van der Waals surface area contributed by atoms with Gasteiger partial charge in [0.1, 0.15) is 5.75 Å². The van der Waals surface area contributed by atoms with Gasteiger partial charge in [-0.25, -0.2) is 0 Å². The van der Waals surface area contributed by atoms with Crippen molar-refractivity contribution in [2.75, 3.05) is 11.9 Å². The summed E-state index contributed by atoms with van der Waals surface area (Å²) < 4.78 is 5.87. The molecule has 1 N–H and O–H groups in total. The maximum Gasteiger partial charge on any atom is 0.119 e. The second-order valence-electron chi connectivity index (χ2n) is 5.56. The van der Waals surface area contributed by atoms with Crippen molar-refractivity contribution in [3.8, 4) is 5.75 Å². The number of anilines is 1. The molecule has 24 heavy (non-hydrogen) atoms. The highest BCUT2D eigenvalue weighted by atomic mass is 35.5. The first kappa shape index (κ1) is 16.4. The summed E-state index contributed by atoms with van der Waals surface area (Å²) in [7, 11) is 0. The summed E-state index contributed by atoms with van der Waals surface area (Å²) in [6.45, 7) is 1.38. The van der Waals surface area contributed by atoms with Gasteiger partial charge in [-0.05, 0) is 35.4 Å². The average molecular weight is 338 g/mol. The molecule has 0 amide bonds. The van der Waals surface area contributed by atoms with Crippen LogP contribution in [0.3, 0.4) is 0 Å². The Bertz CT molecular complexity index is 774. The largest absolute Gasteiger partial charge is 0.493 e. The van der Waals surface area contributed by atoms with Gasteiger partial charge >= 0.3 is 0 Å². The van der Waals surface area contributed by atoms with Gasteiger partial charge in [0, 0.05) is 13.0 Å². The molecule has 3 heteroatoms. The maximum atomic E-state index is 6.16. The van der Waals surface area contributed by atoms with Crippen molar-refractivity contribution in [1.82, 2.24) is 0 Å². The molecule has 3 rings (SSSR count). The Balaban J connectivity index is 1.53. The van der Waals surface area contributed by atoms with Crippen LogP contribution in [-0.4, -0.2) is 6.61 Å². The van der Waals surface area contributed by atoms with Crippen molar-refractivity contribution < 1.29 is 4.74 Å². The molecule has 0 atom stereocenters. The van der Waals surface area contributed by atoms with E-state index in [-0.39, 0.29) is 0 Å². The molecule has 0 aliphatic carbocycles. The normalized spacial score (nSPS) is 10.4. The molecule has 122 valence electrons. The summed E-state index contributed by atoms with van der Waals surface area (Å²) >= 11 is 6.16. The van der Waals surface area contributed by atoms with Crippen molar-refractivity contribution in [2.45, 2.75) is 13.0 Å². The van der Waals surface area contributed by atoms with Crippen LogP contribution in [-0.2, 0) is 13.0 Å². The zero-order valence-corrected chi connectivity index (χ0v) is 14.2. The fourth-order valence-electron chi connectivity index (χ4n) is 2.48. The topological polar surface area (TPSA) is 21.3 Å². The van der Waals surface area contributed by atoms with E-state index in [1.807, 2.05) is 42.5 Å². The number of hydrogen-bond donors (Lipinski definition) is 1. The van der Waals surface area contributed by atoms with Gasteiger partial charge in [0.2, 0.25) is 0 Å². The molecule has 0 aliphatic rings. The summed E-state index contributed by atoms with van der Waals surface area (Å²) in [5.74, 6) is 0.893. The Morgan fingerprint density at radius 1 is 0.792 bits per heavy atom. The van der Waals surface area contributed by atoms with Gasteiger partial charge in [0.05, 0.1) is 17.3 Å². The smallest absolute Gasteiger partial charge is 0.119 e. The van der Waals surface area contributed by atoms with Crippen LogP contribution in [0.25, 0.3) is 0 Å². The first-order chi connectivity index (χ1) is 11.8. The van der Waals surface area contributed by atoms with E-state index in [1.165, 1.54) is 5.56 Å². The molecule has 2 nitrogen and oxygen atoms in total. The first-order valence-electron chi connectivity index (χ1n) is 8.05. The van der Waals surface area contributed by atoms with Gasteiger partial charge in [0.25, 0.3) is 0 Å². The number of ether oxygens (including phenoxy) is 1. The number of para-hydroxylation sites is 1. The Kier molecular flexibility index (Phi) is 5.75. The summed E-state index contributed by atoms with van der Waals surface area (Å²) in [4.78, 5) is 0. The van der Waals surface area contributed by atoms with E-state index in [9.17, 15) is 0 Å². The molecule has 0 saturated heterocycles. The molecule has 0 heterocycles. The third-order valence-corrected chi connectivity index (χ3v) is 4.09. The fraction of sp³-hybridized carbons (Fsp3) is 0.143. The van der Waals surface area contributed by atoms with Crippen LogP contribution in [0.5, 0.6) is 5.75 Å². The molecule has 0 fully saturated rings. The molecular weight excluding hydrogens is 318 g/mol. The summed E-state index contributed by atoms with van der Waals surface area (Å²) in [6.07, 6.45) is 0.906. The lowest BCUT2D eigenvalue weighted by Gasteiger charge is -2.10. The lowest BCUT2D eigenvalue weighted by molar-refractivity contribution is 0.321. The average Bonchev–Trinajstić information content (AvgIpc) is 2.62. The van der Waals surface area contributed by atoms with E-state index in [4.69, 9.17) is 16.3 Å². The highest BCUT2D eigenvalue weighted by molar-refractivity contribution is 6.33. The van der Waals surface area contributed by atoms with Crippen LogP contribution in [0.1, 0.15) is 11.1 Å². The second kappa shape index (κ2) is 8.42. The number of nitrogens with one attached hydrogen (secondary N) is 1. The van der Waals surface area contributed by atoms with Gasteiger partial charge in [-0.3, -0.25) is 0 Å². The standard InChI is InChI=1S/C21H20ClNO/c22-20-11-4-5-12-21(20)23-16-18-9-6-10-19(15-18)24-14-13-17-7-2-1-3-8-17/h1-12,15,23H,13-14,16H2. The zero-order valence-electron chi connectivity index (χ0n) is 13.4. The fourth-order valence-corrected chi connectivity index (χ4v) is 2.68. The molecule has 0 aromatic heterocycles. The van der Waals surface area contributed by atoms with Crippen LogP contribution in [0.4, 0.5) is 5.69 Å². The Morgan fingerprint density at radius 3 is 2.38 bits per heavy atom. The molecule has 0 saturated carbocycles. The van der Waals surface area contributed by atoms with Crippen molar-refractivity contribution in [1.29, 1.82) is 0 Å². The third-order valence-electron chi connectivity index (χ3n) is 3.76. The Labute approximate surface area is 148 Å². The highest BCUT2D eigenvalue weighted by Gasteiger charge is 2.01. The number of rotatable bonds is 7. The molecule has 0 bridgehead atoms. The Hall–Kier alpha value is -2.45. The number of benzene rings is 3. The SMILES string of the molecule is Clc1ccccc1NCc1cccc(OCCc2ccccc2)c1. The number of hydrogen-bond acceptors (Lipinski definition) is 2. The predicted molar refractivity (Wildman–Crippen MR) is 101 cm³/mol. The molecule has 3 aromatic rings. The minimum Gasteiger partial charge on any atom is -0.493 e. The zero-order chi connectivity index (χ0) is 16.6. The van der Waals surface area contributed by atoms with E-state index in [1.54, 1.807) is 0 Å². The Morgan fingerprint density at radius 2 is 1.54 bits per heavy atom. The lowest BCUT2D eigenvalue weighted by Crippen LogP contribution is -2.03. The van der Waals surface area contributed by atoms with Gasteiger partial charge in [-0.15, -0.1) is 0 Å². The van der Waals surface area contributed by atoms with E-state index in [0.29, 0.717) is 13.2 Å². The second-order valence-corrected chi connectivity index (χ2v) is 5.97. The molecule has 0 radical (unpaired) electrons. The van der Waals surface area contributed by atoms with E-state index >= 15 is 0 Å². The van der Waals surface area contributed by atoms with Crippen molar-refractivity contribution >= 4 is 17.3 Å². The monoisotopic (exact) mass is 337 g/mol. The van der Waals surface area contributed by atoms with Gasteiger partial charge in [-0.2, -0.15) is 0 Å². The third kappa shape index (κ3) is 4.77. The van der Waals surface area contributed by atoms with Crippen molar-refractivity contribution in [3.63, 3.8) is 0 Å². The van der Waals surface area contributed by atoms with Gasteiger partial charge < -0.3 is 10.1 Å². The lowest BCUT2D eigenvalue weighted by atomic mass is 10.2. The van der Waals surface area contributed by atoms with Gasteiger partial charge in [-0.1, -0.05) is 66.2 Å². The predicted octanol–water partition coefficient (Wildman–Crippen LogP) is 5.57. The molecule has 3 aromatic carbocycles. The van der Waals surface area contributed by atoms with Crippen LogP contribution >= 0.6 is 11.6 Å². The van der Waals surface area contributed by atoms with Crippen LogP contribution in [0, 0.1) is 0 Å². The molecule has 0 aliphatic heterocycles. The molecule has 0 unspecified atom stereocenters. The minimum absolute atomic E-state index is 0.672. The van der Waals surface area contributed by atoms with Crippen molar-refractivity contribution in [2.24, 2.45) is 0 Å². The van der Waals surface area contributed by atoms with Gasteiger partial charge in [0.15, 0.2) is 0 Å². The molecular formula is C21H20ClNO. The summed E-state index contributed by atoms with van der Waals surface area (Å²) in [5.41, 5.74) is 3.38. The maximum absolute atomic E-state index is 6.16. The number of halogens is 1. The highest BCUT2D eigenvalue weighted by Crippen LogP contribution is 2.22. The van der Waals surface area contributed by atoms with Crippen molar-refractivity contribution in [3.05, 3.63) is 95.0 Å². The van der Waals surface area contributed by atoms with E-state index in [2.05, 4.69) is 41.7 Å². The van der Waals surface area contributed by atoms with Crippen LogP contribution in [0.2, 0.25) is 5.02 Å². The van der Waals surface area contributed by atoms with E-state index < -0.39 is 0 Å².